The minimum atomic E-state index is -0.0926. The summed E-state index contributed by atoms with van der Waals surface area (Å²) in [7, 11) is 0. The van der Waals surface area contributed by atoms with Gasteiger partial charge in [0.25, 0.3) is 5.56 Å². The molecule has 2 aromatic heterocycles. The third-order valence-electron chi connectivity index (χ3n) is 3.30. The van der Waals surface area contributed by atoms with E-state index in [1.54, 1.807) is 12.1 Å². The van der Waals surface area contributed by atoms with Gasteiger partial charge in [-0.1, -0.05) is 18.2 Å². The molecular formula is C15H10N2O2. The van der Waals surface area contributed by atoms with E-state index in [1.807, 2.05) is 37.3 Å². The van der Waals surface area contributed by atoms with E-state index in [0.717, 1.165) is 16.6 Å². The molecule has 0 saturated carbocycles. The van der Waals surface area contributed by atoms with Crippen molar-refractivity contribution >= 4 is 27.8 Å². The fraction of sp³-hybridized carbons (Fsp3) is 0.0667. The number of rotatable bonds is 0. The number of nitrogens with zero attached hydrogens (tertiary/aromatic N) is 2. The van der Waals surface area contributed by atoms with Crippen LogP contribution >= 0.6 is 0 Å². The Kier molecular flexibility index (Phi) is 1.87. The van der Waals surface area contributed by atoms with Crippen molar-refractivity contribution in [1.29, 1.82) is 0 Å². The Morgan fingerprint density at radius 1 is 1.16 bits per heavy atom. The molecule has 4 aromatic rings. The molecule has 4 nitrogen and oxygen atoms in total. The third kappa shape index (κ3) is 1.34. The van der Waals surface area contributed by atoms with Crippen LogP contribution in [0.25, 0.3) is 27.8 Å². The number of fused-ring (bicyclic) bond motifs is 4. The molecule has 0 aliphatic heterocycles. The second kappa shape index (κ2) is 3.45. The molecule has 0 radical (unpaired) electrons. The van der Waals surface area contributed by atoms with Crippen molar-refractivity contribution in [3.63, 3.8) is 0 Å². The monoisotopic (exact) mass is 250 g/mol. The fourth-order valence-electron chi connectivity index (χ4n) is 2.38. The molecule has 2 heterocycles. The first kappa shape index (κ1) is 10.3. The number of aryl methyl sites for hydroxylation is 1. The third-order valence-corrected chi connectivity index (χ3v) is 3.30. The van der Waals surface area contributed by atoms with Gasteiger partial charge in [-0.05, 0) is 36.8 Å². The first-order chi connectivity index (χ1) is 9.24. The maximum atomic E-state index is 12.5. The number of hydrogen-bond acceptors (Lipinski definition) is 3. The number of para-hydroxylation sites is 1. The predicted molar refractivity (Wildman–Crippen MR) is 73.5 cm³/mol. The number of benzene rings is 2. The van der Waals surface area contributed by atoms with Crippen molar-refractivity contribution in [2.24, 2.45) is 0 Å². The zero-order valence-electron chi connectivity index (χ0n) is 10.3. The quantitative estimate of drug-likeness (QED) is 0.482. The lowest BCUT2D eigenvalue weighted by Gasteiger charge is -1.98. The molecule has 0 saturated heterocycles. The summed E-state index contributed by atoms with van der Waals surface area (Å²) in [5.41, 5.74) is 3.11. The average Bonchev–Trinajstić information content (AvgIpc) is 2.76. The van der Waals surface area contributed by atoms with E-state index in [4.69, 9.17) is 4.42 Å². The molecule has 19 heavy (non-hydrogen) atoms. The summed E-state index contributed by atoms with van der Waals surface area (Å²) in [6.45, 7) is 1.99. The largest absolute Gasteiger partial charge is 0.424 e. The molecule has 0 spiro atoms. The molecule has 4 heteroatoms. The Morgan fingerprint density at radius 3 is 2.89 bits per heavy atom. The summed E-state index contributed by atoms with van der Waals surface area (Å²) in [5, 5.41) is 0.566. The normalized spacial score (nSPS) is 11.6. The fourth-order valence-corrected chi connectivity index (χ4v) is 2.38. The van der Waals surface area contributed by atoms with Gasteiger partial charge in [0.2, 0.25) is 0 Å². The van der Waals surface area contributed by atoms with Crippen LogP contribution < -0.4 is 5.56 Å². The first-order valence-electron chi connectivity index (χ1n) is 6.05. The second-order valence-electron chi connectivity index (χ2n) is 4.63. The zero-order valence-corrected chi connectivity index (χ0v) is 10.3. The standard InChI is InChI=1S/C15H10N2O2/c1-9-6-7-11-12(8-9)17-14(18)10-4-2-3-5-13(10)19-15(17)16-11/h2-8H,1H3. The van der Waals surface area contributed by atoms with Crippen LogP contribution in [-0.4, -0.2) is 9.38 Å². The topological polar surface area (TPSA) is 47.5 Å². The highest BCUT2D eigenvalue weighted by molar-refractivity contribution is 5.83. The highest BCUT2D eigenvalue weighted by atomic mass is 16.3. The lowest BCUT2D eigenvalue weighted by molar-refractivity contribution is 0.616. The lowest BCUT2D eigenvalue weighted by atomic mass is 10.2. The van der Waals surface area contributed by atoms with E-state index in [-0.39, 0.29) is 5.56 Å². The number of imidazole rings is 1. The maximum Gasteiger partial charge on any atom is 0.310 e. The van der Waals surface area contributed by atoms with Crippen LogP contribution in [0.4, 0.5) is 0 Å². The molecule has 0 aliphatic carbocycles. The average molecular weight is 250 g/mol. The van der Waals surface area contributed by atoms with Crippen LogP contribution in [0.15, 0.2) is 51.7 Å². The molecule has 92 valence electrons. The van der Waals surface area contributed by atoms with E-state index < -0.39 is 0 Å². The maximum absolute atomic E-state index is 12.5. The van der Waals surface area contributed by atoms with Gasteiger partial charge in [0.15, 0.2) is 0 Å². The van der Waals surface area contributed by atoms with Gasteiger partial charge in [-0.25, -0.2) is 4.40 Å². The summed E-state index contributed by atoms with van der Waals surface area (Å²) in [5.74, 6) is 0.337. The van der Waals surface area contributed by atoms with Crippen LogP contribution in [0.1, 0.15) is 5.56 Å². The number of aromatic nitrogens is 2. The summed E-state index contributed by atoms with van der Waals surface area (Å²) in [4.78, 5) is 16.9. The summed E-state index contributed by atoms with van der Waals surface area (Å²) in [6, 6.07) is 13.0. The Morgan fingerprint density at radius 2 is 2.00 bits per heavy atom. The predicted octanol–water partition coefficient (Wildman–Crippen LogP) is 2.90. The van der Waals surface area contributed by atoms with Crippen LogP contribution in [-0.2, 0) is 0 Å². The van der Waals surface area contributed by atoms with E-state index in [0.29, 0.717) is 16.8 Å². The minimum absolute atomic E-state index is 0.0926. The molecule has 0 amide bonds. The van der Waals surface area contributed by atoms with Crippen molar-refractivity contribution in [2.75, 3.05) is 0 Å². The molecule has 2 aromatic carbocycles. The molecular weight excluding hydrogens is 240 g/mol. The molecule has 0 atom stereocenters. The van der Waals surface area contributed by atoms with Crippen molar-refractivity contribution in [3.05, 3.63) is 58.4 Å². The second-order valence-corrected chi connectivity index (χ2v) is 4.63. The van der Waals surface area contributed by atoms with Crippen molar-refractivity contribution in [1.82, 2.24) is 9.38 Å². The van der Waals surface area contributed by atoms with Gasteiger partial charge >= 0.3 is 5.84 Å². The van der Waals surface area contributed by atoms with Crippen LogP contribution in [0, 0.1) is 6.92 Å². The van der Waals surface area contributed by atoms with Gasteiger partial charge in [0, 0.05) is 0 Å². The van der Waals surface area contributed by atoms with Crippen LogP contribution in [0.5, 0.6) is 0 Å². The smallest absolute Gasteiger partial charge is 0.310 e. The van der Waals surface area contributed by atoms with E-state index in [1.165, 1.54) is 4.40 Å². The van der Waals surface area contributed by atoms with Gasteiger partial charge in [-0.3, -0.25) is 4.79 Å². The van der Waals surface area contributed by atoms with Gasteiger partial charge in [-0.15, -0.1) is 0 Å². The summed E-state index contributed by atoms with van der Waals surface area (Å²) >= 11 is 0. The van der Waals surface area contributed by atoms with E-state index >= 15 is 0 Å². The molecule has 0 aliphatic rings. The van der Waals surface area contributed by atoms with E-state index in [9.17, 15) is 4.79 Å². The Bertz CT molecular complexity index is 995. The Hall–Kier alpha value is -2.62. The minimum Gasteiger partial charge on any atom is -0.424 e. The van der Waals surface area contributed by atoms with Crippen molar-refractivity contribution in [3.8, 4) is 0 Å². The molecule has 0 N–H and O–H groups in total. The van der Waals surface area contributed by atoms with Gasteiger partial charge in [0.05, 0.1) is 16.4 Å². The van der Waals surface area contributed by atoms with Crippen LogP contribution in [0.3, 0.4) is 0 Å². The highest BCUT2D eigenvalue weighted by Gasteiger charge is 2.12. The van der Waals surface area contributed by atoms with E-state index in [2.05, 4.69) is 4.98 Å². The molecule has 0 fully saturated rings. The highest BCUT2D eigenvalue weighted by Crippen LogP contribution is 2.19. The first-order valence-corrected chi connectivity index (χ1v) is 6.05. The Balaban J connectivity index is 2.35. The van der Waals surface area contributed by atoms with Crippen LogP contribution in [0.2, 0.25) is 0 Å². The van der Waals surface area contributed by atoms with Gasteiger partial charge in [0.1, 0.15) is 5.58 Å². The molecule has 0 bridgehead atoms. The Labute approximate surface area is 107 Å². The van der Waals surface area contributed by atoms with Gasteiger partial charge < -0.3 is 4.42 Å². The molecule has 0 unspecified atom stereocenters. The van der Waals surface area contributed by atoms with Crippen molar-refractivity contribution < 1.29 is 4.42 Å². The zero-order chi connectivity index (χ0) is 13.0. The number of hydrogen-bond donors (Lipinski definition) is 0. The molecule has 4 rings (SSSR count). The SMILES string of the molecule is Cc1ccc2nc3oc4ccccc4c(=O)n3c2c1. The lowest BCUT2D eigenvalue weighted by Crippen LogP contribution is -2.12. The van der Waals surface area contributed by atoms with Gasteiger partial charge in [-0.2, -0.15) is 4.98 Å². The van der Waals surface area contributed by atoms with Crippen molar-refractivity contribution in [2.45, 2.75) is 6.92 Å². The summed E-state index contributed by atoms with van der Waals surface area (Å²) in [6.07, 6.45) is 0. The summed E-state index contributed by atoms with van der Waals surface area (Å²) < 4.78 is 7.24.